The highest BCUT2D eigenvalue weighted by atomic mass is 16.4. The number of fused-ring (bicyclic) bond motifs is 2. The van der Waals surface area contributed by atoms with E-state index in [2.05, 4.69) is 36.6 Å². The van der Waals surface area contributed by atoms with Gasteiger partial charge in [-0.15, -0.1) is 0 Å². The van der Waals surface area contributed by atoms with Crippen LogP contribution in [0.5, 0.6) is 0 Å². The Morgan fingerprint density at radius 2 is 1.58 bits per heavy atom. The maximum absolute atomic E-state index is 13.5. The zero-order valence-electron chi connectivity index (χ0n) is 29.9. The first kappa shape index (κ1) is 40.7. The van der Waals surface area contributed by atoms with E-state index in [0.29, 0.717) is 51.0 Å². The second-order valence-electron chi connectivity index (χ2n) is 12.1. The number of aromatic amines is 1. The summed E-state index contributed by atoms with van der Waals surface area (Å²) >= 11 is 0. The van der Waals surface area contributed by atoms with Gasteiger partial charge in [0.05, 0.1) is 17.6 Å². The molecule has 0 aliphatic carbocycles. The predicted octanol–water partition coefficient (Wildman–Crippen LogP) is 1.86. The molecule has 2 atom stereocenters. The molecule has 4 amide bonds. The maximum Gasteiger partial charge on any atom is 0.300 e. The highest BCUT2D eigenvalue weighted by Crippen LogP contribution is 2.20. The van der Waals surface area contributed by atoms with Crippen LogP contribution in [0.4, 0.5) is 0 Å². The lowest BCUT2D eigenvalue weighted by atomic mass is 10.0. The minimum atomic E-state index is -0.847. The van der Waals surface area contributed by atoms with Gasteiger partial charge in [-0.25, -0.2) is 4.98 Å². The number of hydrogen-bond acceptors (Lipinski definition) is 8. The molecule has 0 saturated carbocycles. The maximum atomic E-state index is 13.5. The zero-order valence-corrected chi connectivity index (χ0v) is 29.9. The van der Waals surface area contributed by atoms with Gasteiger partial charge in [0.15, 0.2) is 0 Å². The molecular formula is C36H48N8O8. The summed E-state index contributed by atoms with van der Waals surface area (Å²) in [6.45, 7) is 7.84. The summed E-state index contributed by atoms with van der Waals surface area (Å²) in [5.41, 5.74) is 4.05. The monoisotopic (exact) mass is 720 g/mol. The third-order valence-corrected chi connectivity index (χ3v) is 7.95. The average molecular weight is 721 g/mol. The normalized spacial score (nSPS) is 17.8. The van der Waals surface area contributed by atoms with Gasteiger partial charge in [0.2, 0.25) is 17.7 Å². The molecule has 16 heteroatoms. The molecule has 0 fully saturated rings. The highest BCUT2D eigenvalue weighted by molar-refractivity contribution is 5.97. The summed E-state index contributed by atoms with van der Waals surface area (Å²) in [4.78, 5) is 78.1. The van der Waals surface area contributed by atoms with Crippen LogP contribution in [0.2, 0.25) is 0 Å². The Labute approximate surface area is 301 Å². The van der Waals surface area contributed by atoms with Crippen LogP contribution in [0.1, 0.15) is 61.8 Å². The number of aryl methyl sites for hydroxylation is 2. The van der Waals surface area contributed by atoms with Crippen LogP contribution in [0.25, 0.3) is 21.9 Å². The van der Waals surface area contributed by atoms with Gasteiger partial charge in [0.25, 0.3) is 17.8 Å². The number of aliphatic carboxylic acids is 2. The smallest absolute Gasteiger partial charge is 0.300 e. The van der Waals surface area contributed by atoms with Crippen molar-refractivity contribution in [2.24, 2.45) is 0 Å². The molecule has 1 aliphatic rings. The lowest BCUT2D eigenvalue weighted by Gasteiger charge is -2.23. The van der Waals surface area contributed by atoms with Crippen molar-refractivity contribution >= 4 is 57.5 Å². The molecule has 3 heterocycles. The average Bonchev–Trinajstić information content (AvgIpc) is 3.64. The number of benzene rings is 2. The van der Waals surface area contributed by atoms with Crippen molar-refractivity contribution in [1.82, 2.24) is 41.1 Å². The molecule has 280 valence electrons. The van der Waals surface area contributed by atoms with Crippen molar-refractivity contribution < 1.29 is 39.0 Å². The van der Waals surface area contributed by atoms with Crippen LogP contribution < -0.4 is 26.6 Å². The number of carbonyl (C=O) groups is 6. The first-order chi connectivity index (χ1) is 24.8. The fraction of sp³-hybridized carbons (Fsp3) is 0.417. The van der Waals surface area contributed by atoms with E-state index in [0.717, 1.165) is 47.2 Å². The Bertz CT molecular complexity index is 1850. The van der Waals surface area contributed by atoms with E-state index in [4.69, 9.17) is 19.8 Å². The van der Waals surface area contributed by atoms with Crippen LogP contribution in [0, 0.1) is 6.92 Å². The molecule has 0 spiro atoms. The molecule has 5 rings (SSSR count). The molecule has 0 radical (unpaired) electrons. The molecule has 1 aliphatic heterocycles. The van der Waals surface area contributed by atoms with Gasteiger partial charge in [-0.05, 0) is 62.6 Å². The number of nitrogens with one attached hydrogen (secondary N) is 6. The van der Waals surface area contributed by atoms with Crippen molar-refractivity contribution in [3.05, 3.63) is 65.6 Å². The number of carboxylic acid groups (broad SMARTS) is 2. The Hall–Kier alpha value is -5.77. The first-order valence-corrected chi connectivity index (χ1v) is 17.1. The molecule has 16 nitrogen and oxygen atoms in total. The van der Waals surface area contributed by atoms with Gasteiger partial charge in [0.1, 0.15) is 17.9 Å². The van der Waals surface area contributed by atoms with E-state index < -0.39 is 29.9 Å². The molecule has 52 heavy (non-hydrogen) atoms. The second-order valence-corrected chi connectivity index (χ2v) is 12.1. The standard InChI is InChI=1S/C32H40N8O4.2C2H4O2/c1-3-24-32(44)39-27(16-22-18-36-25-9-5-4-8-23(22)25)31(43)35-14-7-15-40-20(2)37-26-11-10-21(17-28(26)40)30(42)34-13-6-12-33-19-29(41)38-24;2*1-2(3)4/h4-5,8-11,17-18,24,27,33,36H,3,6-7,12-16,19H2,1-2H3,(H,34,42)(H,35,43)(H,38,41)(H,39,44);2*1H3,(H,3,4)/t24?,27-;;/m1../s1. The molecule has 2 aromatic carbocycles. The van der Waals surface area contributed by atoms with Gasteiger partial charge in [-0.2, -0.15) is 0 Å². The van der Waals surface area contributed by atoms with Crippen molar-refractivity contribution in [1.29, 1.82) is 0 Å². The number of aromatic nitrogens is 3. The minimum absolute atomic E-state index is 0.0248. The lowest BCUT2D eigenvalue weighted by molar-refractivity contribution is -0.135. The molecule has 8 N–H and O–H groups in total. The predicted molar refractivity (Wildman–Crippen MR) is 195 cm³/mol. The van der Waals surface area contributed by atoms with Crippen molar-refractivity contribution in [2.75, 3.05) is 26.2 Å². The van der Waals surface area contributed by atoms with E-state index in [1.165, 1.54) is 0 Å². The van der Waals surface area contributed by atoms with Gasteiger partial charge >= 0.3 is 0 Å². The zero-order chi connectivity index (χ0) is 38.2. The van der Waals surface area contributed by atoms with Crippen LogP contribution in [-0.4, -0.2) is 98.6 Å². The minimum Gasteiger partial charge on any atom is -0.481 e. The van der Waals surface area contributed by atoms with Gasteiger partial charge in [-0.1, -0.05) is 25.1 Å². The van der Waals surface area contributed by atoms with Gasteiger partial charge < -0.3 is 46.3 Å². The molecule has 2 aromatic heterocycles. The van der Waals surface area contributed by atoms with Crippen molar-refractivity contribution in [2.45, 2.75) is 72.0 Å². The van der Waals surface area contributed by atoms with Crippen LogP contribution >= 0.6 is 0 Å². The van der Waals surface area contributed by atoms with E-state index in [1.807, 2.05) is 61.0 Å². The van der Waals surface area contributed by atoms with Crippen LogP contribution in [0.15, 0.2) is 48.7 Å². The molecule has 1 unspecified atom stereocenters. The number of rotatable bonds is 3. The summed E-state index contributed by atoms with van der Waals surface area (Å²) in [5.74, 6) is -2.07. The Balaban J connectivity index is 0.000000827. The van der Waals surface area contributed by atoms with E-state index in [9.17, 15) is 19.2 Å². The number of carboxylic acids is 2. The van der Waals surface area contributed by atoms with Crippen molar-refractivity contribution in [3.8, 4) is 0 Å². The second kappa shape index (κ2) is 20.2. The number of H-pyrrole nitrogens is 1. The molecular weight excluding hydrogens is 672 g/mol. The number of amides is 4. The van der Waals surface area contributed by atoms with E-state index >= 15 is 0 Å². The number of hydrogen-bond donors (Lipinski definition) is 8. The summed E-state index contributed by atoms with van der Waals surface area (Å²) in [6.07, 6.45) is 3.75. The number of para-hydroxylation sites is 1. The SMILES string of the molecule is CC(=O)O.CC(=O)O.CCC1NC(=O)CNCCCNC(=O)c2ccc3nc(C)n(c3c2)CCCNC(=O)[C@@H](Cc2c[nH]c3ccccc23)NC1=O. The van der Waals surface area contributed by atoms with Gasteiger partial charge in [0, 0.05) is 62.6 Å². The fourth-order valence-electron chi connectivity index (χ4n) is 5.56. The summed E-state index contributed by atoms with van der Waals surface area (Å²) in [6, 6.07) is 11.6. The van der Waals surface area contributed by atoms with Gasteiger partial charge in [-0.3, -0.25) is 28.8 Å². The Morgan fingerprint density at radius 3 is 2.29 bits per heavy atom. The molecule has 4 aromatic rings. The quantitative estimate of drug-likeness (QED) is 0.153. The molecule has 2 bridgehead atoms. The van der Waals surface area contributed by atoms with E-state index in [1.54, 1.807) is 6.07 Å². The first-order valence-electron chi connectivity index (χ1n) is 17.1. The topological polar surface area (TPSA) is 237 Å². The number of imidazole rings is 1. The molecule has 0 saturated heterocycles. The summed E-state index contributed by atoms with van der Waals surface area (Å²) in [5, 5.41) is 30.5. The highest BCUT2D eigenvalue weighted by Gasteiger charge is 2.27. The van der Waals surface area contributed by atoms with Crippen LogP contribution in [-0.2, 0) is 36.9 Å². The third-order valence-electron chi connectivity index (χ3n) is 7.95. The number of nitrogens with zero attached hydrogens (tertiary/aromatic N) is 2. The Morgan fingerprint density at radius 1 is 0.885 bits per heavy atom. The van der Waals surface area contributed by atoms with E-state index in [-0.39, 0.29) is 30.7 Å². The Kier molecular flexibility index (Phi) is 15.8. The lowest BCUT2D eigenvalue weighted by Crippen LogP contribution is -2.55. The largest absolute Gasteiger partial charge is 0.481 e. The van der Waals surface area contributed by atoms with Crippen LogP contribution in [0.3, 0.4) is 0 Å². The van der Waals surface area contributed by atoms with Crippen molar-refractivity contribution in [3.63, 3.8) is 0 Å². The number of carbonyl (C=O) groups excluding carboxylic acids is 4. The fourth-order valence-corrected chi connectivity index (χ4v) is 5.56. The summed E-state index contributed by atoms with van der Waals surface area (Å²) in [7, 11) is 0. The summed E-state index contributed by atoms with van der Waals surface area (Å²) < 4.78 is 2.05. The third kappa shape index (κ3) is 12.5.